The van der Waals surface area contributed by atoms with Crippen LogP contribution in [-0.4, -0.2) is 20.9 Å². The fraction of sp³-hybridized carbons (Fsp3) is 0.481. The smallest absolute Gasteiger partial charge is 0.164 e. The number of aliphatic hydroxyl groups is 1. The summed E-state index contributed by atoms with van der Waals surface area (Å²) in [7, 11) is 0. The monoisotopic (exact) mass is 976 g/mol. The molecule has 1 N–H and O–H groups in total. The Hall–Kier alpha value is -3.44. The number of allylic oxidation sites excluding steroid dienone is 4. The second-order valence-corrected chi connectivity index (χ2v) is 20.2. The minimum atomic E-state index is -0.337. The molecule has 0 saturated carbocycles. The molecule has 0 amide bonds. The molecule has 313 valence electrons. The van der Waals surface area contributed by atoms with E-state index in [0.717, 1.165) is 60.0 Å². The van der Waals surface area contributed by atoms with Gasteiger partial charge >= 0.3 is 0 Å². The van der Waals surface area contributed by atoms with Crippen LogP contribution in [0.1, 0.15) is 150 Å². The number of aromatic nitrogens is 2. The molecule has 3 heterocycles. The van der Waals surface area contributed by atoms with E-state index in [1.165, 1.54) is 54.4 Å². The number of ketones is 1. The molecule has 0 atom stereocenters. The summed E-state index contributed by atoms with van der Waals surface area (Å²) in [4.78, 5) is 23.7. The quantitative estimate of drug-likeness (QED) is 0.0814. The molecule has 58 heavy (non-hydrogen) atoms. The zero-order valence-electron chi connectivity index (χ0n) is 37.9. The van der Waals surface area contributed by atoms with Crippen LogP contribution in [0.4, 0.5) is 0 Å². The molecule has 1 aliphatic carbocycles. The SMILES string of the molecule is CC1=CC(C)(C)c2nc(-c3[c-]c4ncccc4c(C(C)(C)C)c3)cc(-c3ccc4c(CC(C)C)c(C)sc4c3)c21.CCC(C)(CC)C(=O)/C=C(\O)C(C)(CC)CC.[Ir]. The molecule has 3 aromatic heterocycles. The van der Waals surface area contributed by atoms with Crippen molar-refractivity contribution in [3.63, 3.8) is 0 Å². The van der Waals surface area contributed by atoms with Gasteiger partial charge in [0.15, 0.2) is 5.78 Å². The number of fused-ring (bicyclic) bond motifs is 3. The molecule has 0 spiro atoms. The Balaban J connectivity index is 0.000000353. The molecule has 0 fully saturated rings. The van der Waals surface area contributed by atoms with Crippen molar-refractivity contribution in [2.75, 3.05) is 0 Å². The molecule has 0 aliphatic heterocycles. The summed E-state index contributed by atoms with van der Waals surface area (Å²) >= 11 is 1.93. The molecule has 1 radical (unpaired) electrons. The summed E-state index contributed by atoms with van der Waals surface area (Å²) in [6, 6.07) is 19.5. The van der Waals surface area contributed by atoms with Gasteiger partial charge in [-0.1, -0.05) is 132 Å². The summed E-state index contributed by atoms with van der Waals surface area (Å²) in [5, 5.41) is 12.7. The summed E-state index contributed by atoms with van der Waals surface area (Å²) < 4.78 is 1.37. The van der Waals surface area contributed by atoms with Crippen molar-refractivity contribution >= 4 is 43.7 Å². The van der Waals surface area contributed by atoms with Gasteiger partial charge in [0.1, 0.15) is 5.76 Å². The Morgan fingerprint density at radius 2 is 1.55 bits per heavy atom. The Bertz CT molecular complexity index is 2340. The van der Waals surface area contributed by atoms with E-state index in [9.17, 15) is 9.90 Å². The molecule has 0 unspecified atom stereocenters. The van der Waals surface area contributed by atoms with Crippen molar-refractivity contribution in [1.29, 1.82) is 0 Å². The van der Waals surface area contributed by atoms with Gasteiger partial charge in [0.25, 0.3) is 0 Å². The summed E-state index contributed by atoms with van der Waals surface area (Å²) in [5.74, 6) is 0.927. The van der Waals surface area contributed by atoms with Crippen LogP contribution in [0.15, 0.2) is 66.6 Å². The van der Waals surface area contributed by atoms with E-state index in [4.69, 9.17) is 9.97 Å². The van der Waals surface area contributed by atoms with Crippen molar-refractivity contribution in [2.24, 2.45) is 16.7 Å². The normalized spacial score (nSPS) is 14.3. The average molecular weight is 976 g/mol. The number of benzene rings is 2. The van der Waals surface area contributed by atoms with E-state index in [0.29, 0.717) is 5.92 Å². The van der Waals surface area contributed by atoms with Crippen LogP contribution in [0.3, 0.4) is 0 Å². The van der Waals surface area contributed by atoms with Crippen molar-refractivity contribution in [3.8, 4) is 22.4 Å². The number of carbonyl (C=O) groups is 1. The predicted octanol–water partition coefficient (Wildman–Crippen LogP) is 15.1. The zero-order chi connectivity index (χ0) is 42.2. The fourth-order valence-electron chi connectivity index (χ4n) is 8.11. The van der Waals surface area contributed by atoms with E-state index in [-0.39, 0.29) is 53.3 Å². The number of rotatable bonds is 11. The minimum Gasteiger partial charge on any atom is -0.512 e. The Kier molecular flexibility index (Phi) is 14.7. The van der Waals surface area contributed by atoms with E-state index < -0.39 is 0 Å². The number of nitrogens with zero attached hydrogens (tertiary/aromatic N) is 2. The maximum atomic E-state index is 12.2. The van der Waals surface area contributed by atoms with Crippen molar-refractivity contribution in [1.82, 2.24) is 9.97 Å². The van der Waals surface area contributed by atoms with Gasteiger partial charge in [-0.05, 0) is 102 Å². The Morgan fingerprint density at radius 3 is 2.14 bits per heavy atom. The van der Waals surface area contributed by atoms with E-state index in [2.05, 4.69) is 111 Å². The third-order valence-electron chi connectivity index (χ3n) is 12.8. The fourth-order valence-corrected chi connectivity index (χ4v) is 9.24. The topological polar surface area (TPSA) is 63.1 Å². The summed E-state index contributed by atoms with van der Waals surface area (Å²) in [5.41, 5.74) is 11.1. The van der Waals surface area contributed by atoms with Crippen LogP contribution < -0.4 is 0 Å². The maximum absolute atomic E-state index is 12.2. The van der Waals surface area contributed by atoms with Crippen LogP contribution in [0.5, 0.6) is 0 Å². The van der Waals surface area contributed by atoms with Gasteiger partial charge in [0.05, 0.1) is 0 Å². The number of aliphatic hydroxyl groups excluding tert-OH is 1. The number of carbonyl (C=O) groups excluding carboxylic acids is 1. The second-order valence-electron chi connectivity index (χ2n) is 18.9. The van der Waals surface area contributed by atoms with E-state index >= 15 is 0 Å². The molecular formula is C52H67IrN2O2S-. The third-order valence-corrected chi connectivity index (χ3v) is 14.0. The Labute approximate surface area is 367 Å². The number of hydrogen-bond donors (Lipinski definition) is 1. The molecule has 0 bridgehead atoms. The van der Waals surface area contributed by atoms with Crippen molar-refractivity contribution in [3.05, 3.63) is 99.9 Å². The average Bonchev–Trinajstić information content (AvgIpc) is 3.61. The van der Waals surface area contributed by atoms with Gasteiger partial charge in [-0.3, -0.25) is 14.8 Å². The standard InChI is InChI=1S/C37H39N2S.C15H28O2.Ir/c1-21(2)15-28-23(4)40-33-18-24(12-13-26(28)33)29-19-31(39-35-34(29)22(3)20-37(35,8)9)25-16-30(36(5,6)7)27-11-10-14-38-32(27)17-25;1-7-14(5,8-2)12(16)11-13(17)15(6,9-3)10-4;/h10-14,16,18-21H,15H2,1-9H3;11,16H,7-10H2,1-6H3;/q-1;;/b;12-11-;. The number of hydrogen-bond acceptors (Lipinski definition) is 5. The third kappa shape index (κ3) is 9.46. The van der Waals surface area contributed by atoms with Gasteiger partial charge in [0.2, 0.25) is 0 Å². The van der Waals surface area contributed by atoms with Gasteiger partial charge in [-0.25, -0.2) is 0 Å². The molecule has 4 nitrogen and oxygen atoms in total. The first-order chi connectivity index (χ1) is 26.6. The molecule has 1 aliphatic rings. The van der Waals surface area contributed by atoms with Gasteiger partial charge < -0.3 is 5.11 Å². The van der Waals surface area contributed by atoms with Crippen LogP contribution >= 0.6 is 11.3 Å². The zero-order valence-corrected chi connectivity index (χ0v) is 41.1. The minimum absolute atomic E-state index is 0. The first kappa shape index (κ1) is 47.2. The van der Waals surface area contributed by atoms with Crippen LogP contribution in [0.2, 0.25) is 0 Å². The molecule has 6 heteroatoms. The van der Waals surface area contributed by atoms with Crippen molar-refractivity contribution < 1.29 is 30.0 Å². The van der Waals surface area contributed by atoms with Gasteiger partial charge in [-0.2, -0.15) is 0 Å². The van der Waals surface area contributed by atoms with Crippen LogP contribution in [-0.2, 0) is 42.2 Å². The molecular weight excluding hydrogens is 909 g/mol. The van der Waals surface area contributed by atoms with Crippen LogP contribution in [0, 0.1) is 29.7 Å². The predicted molar refractivity (Wildman–Crippen MR) is 246 cm³/mol. The van der Waals surface area contributed by atoms with Gasteiger partial charge in [0, 0.05) is 69.5 Å². The summed E-state index contributed by atoms with van der Waals surface area (Å²) in [6.07, 6.45) is 10.1. The molecule has 5 aromatic rings. The van der Waals surface area contributed by atoms with Crippen LogP contribution in [0.25, 0.3) is 48.9 Å². The maximum Gasteiger partial charge on any atom is 0.164 e. The number of pyridine rings is 2. The summed E-state index contributed by atoms with van der Waals surface area (Å²) in [6.45, 7) is 32.6. The molecule has 6 rings (SSSR count). The Morgan fingerprint density at radius 1 is 0.914 bits per heavy atom. The number of thiophene rings is 1. The number of aryl methyl sites for hydroxylation is 1. The molecule has 0 saturated heterocycles. The molecule has 2 aromatic carbocycles. The first-order valence-electron chi connectivity index (χ1n) is 21.2. The van der Waals surface area contributed by atoms with E-state index in [1.54, 1.807) is 0 Å². The van der Waals surface area contributed by atoms with Gasteiger partial charge in [-0.15, -0.1) is 34.6 Å². The second kappa shape index (κ2) is 18.0. The largest absolute Gasteiger partial charge is 0.512 e. The van der Waals surface area contributed by atoms with Crippen molar-refractivity contribution in [2.45, 2.75) is 147 Å². The first-order valence-corrected chi connectivity index (χ1v) is 22.0. The van der Waals surface area contributed by atoms with E-state index in [1.807, 2.05) is 65.1 Å².